The number of carboxylic acid groups (broad SMARTS) is 1. The van der Waals surface area contributed by atoms with Gasteiger partial charge in [-0.25, -0.2) is 0 Å². The van der Waals surface area contributed by atoms with Crippen LogP contribution in [0, 0.1) is 5.41 Å². The van der Waals surface area contributed by atoms with E-state index in [4.69, 9.17) is 5.11 Å². The van der Waals surface area contributed by atoms with Crippen LogP contribution < -0.4 is 0 Å². The molecule has 3 nitrogen and oxygen atoms in total. The zero-order valence-corrected chi connectivity index (χ0v) is 9.96. The number of carboxylic acids is 1. The Morgan fingerprint density at radius 3 is 1.93 bits per heavy atom. The highest BCUT2D eigenvalue weighted by Crippen LogP contribution is 2.35. The molecule has 0 fully saturated rings. The van der Waals surface area contributed by atoms with Crippen molar-refractivity contribution in [1.82, 2.24) is 0 Å². The van der Waals surface area contributed by atoms with Crippen molar-refractivity contribution in [3.63, 3.8) is 0 Å². The molecule has 0 spiro atoms. The van der Waals surface area contributed by atoms with Crippen molar-refractivity contribution in [3.8, 4) is 0 Å². The Balaban J connectivity index is 4.40. The lowest BCUT2D eigenvalue weighted by molar-refractivity contribution is -0.150. The highest BCUT2D eigenvalue weighted by Gasteiger charge is 2.35. The van der Waals surface area contributed by atoms with Gasteiger partial charge >= 0.3 is 5.97 Å². The molecule has 0 saturated heterocycles. The summed E-state index contributed by atoms with van der Waals surface area (Å²) in [5.41, 5.74) is -0.543. The highest BCUT2D eigenvalue weighted by atomic mass is 16.4. The first-order valence-electron chi connectivity index (χ1n) is 5.97. The average Bonchev–Trinajstić information content (AvgIpc) is 2.18. The van der Waals surface area contributed by atoms with Crippen molar-refractivity contribution in [2.75, 3.05) is 6.61 Å². The topological polar surface area (TPSA) is 57.5 Å². The minimum absolute atomic E-state index is 0.161. The fourth-order valence-corrected chi connectivity index (χ4v) is 2.23. The van der Waals surface area contributed by atoms with Gasteiger partial charge in [-0.1, -0.05) is 33.1 Å². The number of aliphatic carboxylic acids is 1. The van der Waals surface area contributed by atoms with E-state index in [2.05, 4.69) is 0 Å². The van der Waals surface area contributed by atoms with E-state index in [1.54, 1.807) is 0 Å². The largest absolute Gasteiger partial charge is 0.481 e. The van der Waals surface area contributed by atoms with E-state index in [1.807, 2.05) is 13.8 Å². The molecule has 0 aliphatic carbocycles. The fraction of sp³-hybridized carbons (Fsp3) is 0.917. The molecule has 0 atom stereocenters. The molecule has 0 bridgehead atoms. The van der Waals surface area contributed by atoms with Crippen LogP contribution in [0.3, 0.4) is 0 Å². The Hall–Kier alpha value is -0.570. The van der Waals surface area contributed by atoms with Crippen molar-refractivity contribution in [2.24, 2.45) is 5.41 Å². The summed E-state index contributed by atoms with van der Waals surface area (Å²) in [6, 6.07) is 0. The van der Waals surface area contributed by atoms with Crippen LogP contribution >= 0.6 is 0 Å². The molecule has 3 heteroatoms. The quantitative estimate of drug-likeness (QED) is 0.583. The second-order valence-electron chi connectivity index (χ2n) is 4.27. The lowest BCUT2D eigenvalue weighted by atomic mass is 9.75. The zero-order chi connectivity index (χ0) is 11.7. The molecule has 0 saturated carbocycles. The monoisotopic (exact) mass is 216 g/mol. The molecule has 15 heavy (non-hydrogen) atoms. The van der Waals surface area contributed by atoms with Gasteiger partial charge in [-0.15, -0.1) is 0 Å². The maximum atomic E-state index is 11.3. The molecule has 0 aliphatic rings. The van der Waals surface area contributed by atoms with Crippen LogP contribution in [-0.4, -0.2) is 22.8 Å². The molecule has 0 aromatic carbocycles. The van der Waals surface area contributed by atoms with E-state index in [1.165, 1.54) is 0 Å². The standard InChI is InChI=1S/C12H24O3/c1-3-7-12(8-4-2,11(14)15)9-5-6-10-13/h13H,3-10H2,1-2H3,(H,14,15). The van der Waals surface area contributed by atoms with Gasteiger partial charge in [0, 0.05) is 6.61 Å². The first-order chi connectivity index (χ1) is 7.13. The van der Waals surface area contributed by atoms with E-state index in [0.717, 1.165) is 32.1 Å². The number of aliphatic hydroxyl groups excluding tert-OH is 1. The Labute approximate surface area is 92.5 Å². The summed E-state index contributed by atoms with van der Waals surface area (Å²) < 4.78 is 0. The van der Waals surface area contributed by atoms with E-state index >= 15 is 0 Å². The maximum Gasteiger partial charge on any atom is 0.309 e. The summed E-state index contributed by atoms with van der Waals surface area (Å²) in [6.45, 7) is 4.22. The first-order valence-corrected chi connectivity index (χ1v) is 5.97. The Kier molecular flexibility index (Phi) is 7.39. The maximum absolute atomic E-state index is 11.3. The van der Waals surface area contributed by atoms with Gasteiger partial charge in [-0.05, 0) is 25.7 Å². The molecule has 0 rings (SSSR count). The molecule has 90 valence electrons. The predicted octanol–water partition coefficient (Wildman–Crippen LogP) is 2.82. The normalized spacial score (nSPS) is 11.7. The van der Waals surface area contributed by atoms with Gasteiger partial charge in [0.15, 0.2) is 0 Å². The van der Waals surface area contributed by atoms with E-state index in [-0.39, 0.29) is 6.61 Å². The van der Waals surface area contributed by atoms with E-state index in [9.17, 15) is 9.90 Å². The van der Waals surface area contributed by atoms with Crippen molar-refractivity contribution < 1.29 is 15.0 Å². The molecule has 2 N–H and O–H groups in total. The number of hydrogen-bond acceptors (Lipinski definition) is 2. The van der Waals surface area contributed by atoms with Gasteiger partial charge in [0.05, 0.1) is 5.41 Å². The van der Waals surface area contributed by atoms with Crippen molar-refractivity contribution in [3.05, 3.63) is 0 Å². The Morgan fingerprint density at radius 1 is 1.07 bits per heavy atom. The third-order valence-corrected chi connectivity index (χ3v) is 2.97. The lowest BCUT2D eigenvalue weighted by Crippen LogP contribution is -2.31. The molecule has 0 radical (unpaired) electrons. The smallest absolute Gasteiger partial charge is 0.309 e. The summed E-state index contributed by atoms with van der Waals surface area (Å²) in [7, 11) is 0. The Bertz CT molecular complexity index is 172. The minimum atomic E-state index is -0.663. The van der Waals surface area contributed by atoms with Crippen LogP contribution in [0.5, 0.6) is 0 Å². The summed E-state index contributed by atoms with van der Waals surface area (Å²) in [5, 5.41) is 18.0. The number of aliphatic hydroxyl groups is 1. The molecule has 0 heterocycles. The van der Waals surface area contributed by atoms with Crippen molar-refractivity contribution in [2.45, 2.75) is 58.8 Å². The highest BCUT2D eigenvalue weighted by molar-refractivity contribution is 5.74. The second-order valence-corrected chi connectivity index (χ2v) is 4.27. The Morgan fingerprint density at radius 2 is 1.60 bits per heavy atom. The molecular weight excluding hydrogens is 192 g/mol. The van der Waals surface area contributed by atoms with Crippen LogP contribution in [0.4, 0.5) is 0 Å². The zero-order valence-electron chi connectivity index (χ0n) is 9.96. The summed E-state index contributed by atoms with van der Waals surface area (Å²) in [4.78, 5) is 11.3. The van der Waals surface area contributed by atoms with E-state index in [0.29, 0.717) is 12.8 Å². The summed E-state index contributed by atoms with van der Waals surface area (Å²) in [5.74, 6) is -0.663. The number of hydrogen-bond donors (Lipinski definition) is 2. The summed E-state index contributed by atoms with van der Waals surface area (Å²) in [6.07, 6.45) is 5.54. The number of unbranched alkanes of at least 4 members (excludes halogenated alkanes) is 1. The number of rotatable bonds is 9. The van der Waals surface area contributed by atoms with Gasteiger partial charge in [-0.3, -0.25) is 4.79 Å². The fourth-order valence-electron chi connectivity index (χ4n) is 2.23. The molecule has 0 amide bonds. The number of carbonyl (C=O) groups is 1. The molecule has 0 aromatic rings. The molecular formula is C12H24O3. The lowest BCUT2D eigenvalue weighted by Gasteiger charge is -2.28. The first kappa shape index (κ1) is 14.4. The van der Waals surface area contributed by atoms with Crippen LogP contribution in [0.2, 0.25) is 0 Å². The average molecular weight is 216 g/mol. The van der Waals surface area contributed by atoms with Crippen LogP contribution in [0.15, 0.2) is 0 Å². The van der Waals surface area contributed by atoms with Gasteiger partial charge < -0.3 is 10.2 Å². The van der Waals surface area contributed by atoms with Gasteiger partial charge in [0.1, 0.15) is 0 Å². The van der Waals surface area contributed by atoms with Crippen molar-refractivity contribution >= 4 is 5.97 Å². The third kappa shape index (κ3) is 4.65. The van der Waals surface area contributed by atoms with Crippen LogP contribution in [-0.2, 0) is 4.79 Å². The molecule has 0 aliphatic heterocycles. The van der Waals surface area contributed by atoms with E-state index < -0.39 is 11.4 Å². The predicted molar refractivity (Wildman–Crippen MR) is 60.8 cm³/mol. The third-order valence-electron chi connectivity index (χ3n) is 2.97. The molecule has 0 aromatic heterocycles. The SMILES string of the molecule is CCCC(CCC)(CCCCO)C(=O)O. The van der Waals surface area contributed by atoms with Crippen LogP contribution in [0.25, 0.3) is 0 Å². The second kappa shape index (κ2) is 7.69. The van der Waals surface area contributed by atoms with Gasteiger partial charge in [0.25, 0.3) is 0 Å². The summed E-state index contributed by atoms with van der Waals surface area (Å²) >= 11 is 0. The van der Waals surface area contributed by atoms with Crippen molar-refractivity contribution in [1.29, 1.82) is 0 Å². The minimum Gasteiger partial charge on any atom is -0.481 e. The van der Waals surface area contributed by atoms with Crippen LogP contribution in [0.1, 0.15) is 58.8 Å². The molecule has 0 unspecified atom stereocenters. The van der Waals surface area contributed by atoms with Gasteiger partial charge in [-0.2, -0.15) is 0 Å². The van der Waals surface area contributed by atoms with Gasteiger partial charge in [0.2, 0.25) is 0 Å².